The summed E-state index contributed by atoms with van der Waals surface area (Å²) in [6.45, 7) is 0. The van der Waals surface area contributed by atoms with E-state index in [1.54, 1.807) is 0 Å². The molecule has 0 unspecified atom stereocenters. The fourth-order valence-corrected chi connectivity index (χ4v) is 1.90. The zero-order valence-electron chi connectivity index (χ0n) is 8.93. The maximum absolute atomic E-state index is 13.6. The molecular formula is C11H2BrClF2N4. The summed E-state index contributed by atoms with van der Waals surface area (Å²) < 4.78 is 26.7. The van der Waals surface area contributed by atoms with Gasteiger partial charge in [-0.15, -0.1) is 0 Å². The van der Waals surface area contributed by atoms with Gasteiger partial charge in [-0.1, -0.05) is 11.6 Å². The van der Waals surface area contributed by atoms with Crippen LogP contribution in [-0.4, -0.2) is 0 Å². The number of anilines is 1. The van der Waals surface area contributed by atoms with Crippen LogP contribution >= 0.6 is 27.5 Å². The van der Waals surface area contributed by atoms with Crippen molar-refractivity contribution in [3.8, 4) is 18.2 Å². The first kappa shape index (κ1) is 14.9. The van der Waals surface area contributed by atoms with E-state index < -0.39 is 33.6 Å². The average Bonchev–Trinajstić information content (AvgIpc) is 2.40. The summed E-state index contributed by atoms with van der Waals surface area (Å²) in [7, 11) is 0. The van der Waals surface area contributed by atoms with Gasteiger partial charge in [0.25, 0.3) is 0 Å². The van der Waals surface area contributed by atoms with Gasteiger partial charge in [-0.2, -0.15) is 15.8 Å². The minimum absolute atomic E-state index is 0.347. The minimum atomic E-state index is -0.943. The molecule has 4 nitrogen and oxygen atoms in total. The van der Waals surface area contributed by atoms with Crippen molar-refractivity contribution in [1.29, 1.82) is 15.8 Å². The second-order valence-corrected chi connectivity index (χ2v) is 4.25. The summed E-state index contributed by atoms with van der Waals surface area (Å²) in [5, 5.41) is 27.8. The quantitative estimate of drug-likeness (QED) is 0.505. The Balaban J connectivity index is 3.41. The minimum Gasteiger partial charge on any atom is -0.342 e. The number of nitriles is 3. The molecule has 0 aliphatic heterocycles. The number of benzene rings is 1. The molecule has 0 saturated heterocycles. The van der Waals surface area contributed by atoms with Crippen molar-refractivity contribution in [3.05, 3.63) is 38.5 Å². The Morgan fingerprint density at radius 2 is 1.79 bits per heavy atom. The monoisotopic (exact) mass is 342 g/mol. The van der Waals surface area contributed by atoms with Crippen molar-refractivity contribution in [2.75, 3.05) is 5.32 Å². The fourth-order valence-electron chi connectivity index (χ4n) is 1.09. The molecule has 0 atom stereocenters. The van der Waals surface area contributed by atoms with Crippen LogP contribution < -0.4 is 5.32 Å². The number of nitrogens with zero attached hydrogens (tertiary/aromatic N) is 3. The number of halogens is 4. The first-order valence-corrected chi connectivity index (χ1v) is 5.68. The van der Waals surface area contributed by atoms with E-state index in [-0.39, 0.29) is 4.47 Å². The third kappa shape index (κ3) is 3.00. The number of allylic oxidation sites excluding steroid dienone is 2. The Morgan fingerprint density at radius 1 is 1.21 bits per heavy atom. The van der Waals surface area contributed by atoms with Gasteiger partial charge in [0, 0.05) is 0 Å². The van der Waals surface area contributed by atoms with Crippen LogP contribution in [-0.2, 0) is 0 Å². The van der Waals surface area contributed by atoms with E-state index in [9.17, 15) is 8.78 Å². The van der Waals surface area contributed by atoms with Gasteiger partial charge in [0.1, 0.15) is 29.7 Å². The molecule has 0 heterocycles. The Morgan fingerprint density at radius 3 is 2.26 bits per heavy atom. The predicted molar refractivity (Wildman–Crippen MR) is 66.6 cm³/mol. The molecule has 0 saturated carbocycles. The molecule has 8 heteroatoms. The Bertz CT molecular complexity index is 679. The zero-order valence-corrected chi connectivity index (χ0v) is 11.3. The van der Waals surface area contributed by atoms with Gasteiger partial charge in [0.05, 0.1) is 15.2 Å². The van der Waals surface area contributed by atoms with Crippen LogP contribution in [0.1, 0.15) is 0 Å². The largest absolute Gasteiger partial charge is 0.342 e. The highest BCUT2D eigenvalue weighted by Gasteiger charge is 2.18. The third-order valence-electron chi connectivity index (χ3n) is 1.95. The number of hydrogen-bond acceptors (Lipinski definition) is 4. The molecule has 0 bridgehead atoms. The van der Waals surface area contributed by atoms with Crippen molar-refractivity contribution in [3.63, 3.8) is 0 Å². The lowest BCUT2D eigenvalue weighted by molar-refractivity contribution is 0.598. The molecule has 0 amide bonds. The molecule has 1 aromatic rings. The number of hydrogen-bond donors (Lipinski definition) is 1. The summed E-state index contributed by atoms with van der Waals surface area (Å²) >= 11 is 8.20. The lowest BCUT2D eigenvalue weighted by Gasteiger charge is -2.10. The first-order chi connectivity index (χ1) is 8.96. The predicted octanol–water partition coefficient (Wildman–Crippen LogP) is 3.62. The van der Waals surface area contributed by atoms with E-state index in [2.05, 4.69) is 21.2 Å². The highest BCUT2D eigenvalue weighted by atomic mass is 79.9. The molecular weight excluding hydrogens is 342 g/mol. The zero-order chi connectivity index (χ0) is 14.6. The first-order valence-electron chi connectivity index (χ1n) is 4.50. The second kappa shape index (κ2) is 6.15. The van der Waals surface area contributed by atoms with Crippen LogP contribution in [0.3, 0.4) is 0 Å². The van der Waals surface area contributed by atoms with Crippen molar-refractivity contribution in [2.45, 2.75) is 0 Å². The van der Waals surface area contributed by atoms with Crippen molar-refractivity contribution >= 4 is 33.2 Å². The summed E-state index contributed by atoms with van der Waals surface area (Å²) in [4.78, 5) is 0. The van der Waals surface area contributed by atoms with Gasteiger partial charge >= 0.3 is 0 Å². The van der Waals surface area contributed by atoms with E-state index in [1.807, 2.05) is 0 Å². The van der Waals surface area contributed by atoms with Crippen LogP contribution in [0.4, 0.5) is 14.5 Å². The molecule has 19 heavy (non-hydrogen) atoms. The van der Waals surface area contributed by atoms with E-state index in [0.717, 1.165) is 0 Å². The topological polar surface area (TPSA) is 83.4 Å². The highest BCUT2D eigenvalue weighted by molar-refractivity contribution is 9.10. The molecule has 94 valence electrons. The normalized spacial score (nSPS) is 8.89. The second-order valence-electron chi connectivity index (χ2n) is 3.05. The van der Waals surface area contributed by atoms with E-state index in [0.29, 0.717) is 6.07 Å². The maximum Gasteiger partial charge on any atom is 0.163 e. The molecule has 0 radical (unpaired) electrons. The summed E-state index contributed by atoms with van der Waals surface area (Å²) in [5.41, 5.74) is -1.48. The van der Waals surface area contributed by atoms with Gasteiger partial charge < -0.3 is 5.32 Å². The molecule has 1 N–H and O–H groups in total. The lowest BCUT2D eigenvalue weighted by Crippen LogP contribution is -2.04. The standard InChI is InChI=1S/C11H2BrClF2N4/c12-9-10(15)6(13)1-7(14)11(9)19-8(4-18)5(2-16)3-17/h1,19H. The van der Waals surface area contributed by atoms with Crippen LogP contribution in [0.5, 0.6) is 0 Å². The maximum atomic E-state index is 13.6. The molecule has 1 aromatic carbocycles. The summed E-state index contributed by atoms with van der Waals surface area (Å²) in [5.74, 6) is -1.88. The third-order valence-corrected chi connectivity index (χ3v) is 2.97. The van der Waals surface area contributed by atoms with Crippen molar-refractivity contribution in [1.82, 2.24) is 0 Å². The molecule has 0 spiro atoms. The SMILES string of the molecule is N#CC(C#N)=C(C#N)Nc1c(F)cc(Cl)c(F)c1Br. The van der Waals surface area contributed by atoms with E-state index in [1.165, 1.54) is 18.2 Å². The molecule has 0 fully saturated rings. The Labute approximate surface area is 120 Å². The Kier molecular flexibility index (Phi) is 4.83. The van der Waals surface area contributed by atoms with Crippen LogP contribution in [0.25, 0.3) is 0 Å². The number of nitrogens with one attached hydrogen (secondary N) is 1. The van der Waals surface area contributed by atoms with Gasteiger partial charge in [-0.05, 0) is 22.0 Å². The lowest BCUT2D eigenvalue weighted by atomic mass is 10.2. The summed E-state index contributed by atoms with van der Waals surface area (Å²) in [6, 6.07) is 5.16. The van der Waals surface area contributed by atoms with Crippen molar-refractivity contribution in [2.24, 2.45) is 0 Å². The van der Waals surface area contributed by atoms with Gasteiger partial charge in [-0.3, -0.25) is 0 Å². The molecule has 0 aliphatic carbocycles. The molecule has 0 aliphatic rings. The van der Waals surface area contributed by atoms with Gasteiger partial charge in [0.15, 0.2) is 11.4 Å². The number of rotatable bonds is 2. The smallest absolute Gasteiger partial charge is 0.163 e. The molecule has 0 aromatic heterocycles. The van der Waals surface area contributed by atoms with Crippen LogP contribution in [0.2, 0.25) is 5.02 Å². The van der Waals surface area contributed by atoms with E-state index in [4.69, 9.17) is 27.4 Å². The average molecular weight is 344 g/mol. The highest BCUT2D eigenvalue weighted by Crippen LogP contribution is 2.34. The van der Waals surface area contributed by atoms with Crippen LogP contribution in [0, 0.1) is 45.6 Å². The fraction of sp³-hybridized carbons (Fsp3) is 0. The van der Waals surface area contributed by atoms with E-state index >= 15 is 0 Å². The van der Waals surface area contributed by atoms with Gasteiger partial charge in [0.2, 0.25) is 0 Å². The van der Waals surface area contributed by atoms with Crippen molar-refractivity contribution < 1.29 is 8.78 Å². The van der Waals surface area contributed by atoms with Crippen LogP contribution in [0.15, 0.2) is 21.8 Å². The Hall–Kier alpha value is -2.14. The summed E-state index contributed by atoms with van der Waals surface area (Å²) in [6.07, 6.45) is 0. The molecule has 1 rings (SSSR count). The van der Waals surface area contributed by atoms with Gasteiger partial charge in [-0.25, -0.2) is 8.78 Å².